The second-order valence-electron chi connectivity index (χ2n) is 7.40. The van der Waals surface area contributed by atoms with Crippen LogP contribution in [0.1, 0.15) is 26.3 Å². The van der Waals surface area contributed by atoms with E-state index in [1.807, 2.05) is 38.1 Å². The van der Waals surface area contributed by atoms with Crippen LogP contribution >= 0.6 is 11.3 Å². The zero-order valence-electron chi connectivity index (χ0n) is 19.0. The van der Waals surface area contributed by atoms with E-state index in [9.17, 15) is 8.42 Å². The molecular formula is C24H30N2O4S2. The van der Waals surface area contributed by atoms with Crippen LogP contribution in [-0.2, 0) is 21.3 Å². The van der Waals surface area contributed by atoms with Crippen LogP contribution in [0.5, 0.6) is 5.75 Å². The molecular weight excluding hydrogens is 444 g/mol. The molecule has 8 heteroatoms. The molecule has 6 nitrogen and oxygen atoms in total. The van der Waals surface area contributed by atoms with Gasteiger partial charge in [0, 0.05) is 20.2 Å². The Kier molecular flexibility index (Phi) is 10.2. The van der Waals surface area contributed by atoms with E-state index in [0.717, 1.165) is 18.7 Å². The van der Waals surface area contributed by atoms with Crippen LogP contribution < -0.4 is 9.46 Å². The first-order chi connectivity index (χ1) is 15.3. The van der Waals surface area contributed by atoms with Crippen LogP contribution in [0.4, 0.5) is 0 Å². The van der Waals surface area contributed by atoms with Gasteiger partial charge in [-0.05, 0) is 61.4 Å². The molecule has 172 valence electrons. The topological polar surface area (TPSA) is 67.9 Å². The molecule has 0 spiro atoms. The van der Waals surface area contributed by atoms with E-state index in [1.54, 1.807) is 24.6 Å². The van der Waals surface area contributed by atoms with Gasteiger partial charge in [-0.1, -0.05) is 37.0 Å². The first-order valence-corrected chi connectivity index (χ1v) is 12.6. The average molecular weight is 475 g/mol. The van der Waals surface area contributed by atoms with E-state index in [1.165, 1.54) is 11.3 Å². The normalized spacial score (nSPS) is 11.4. The molecule has 0 aliphatic rings. The van der Waals surface area contributed by atoms with Crippen LogP contribution in [0.3, 0.4) is 0 Å². The monoisotopic (exact) mass is 474 g/mol. The highest BCUT2D eigenvalue weighted by Crippen LogP contribution is 2.16. The Morgan fingerprint density at radius 2 is 2.00 bits per heavy atom. The van der Waals surface area contributed by atoms with Gasteiger partial charge in [-0.25, -0.2) is 13.1 Å². The smallest absolute Gasteiger partial charge is 0.250 e. The predicted octanol–water partition coefficient (Wildman–Crippen LogP) is 3.36. The number of methoxy groups -OCH3 is 1. The van der Waals surface area contributed by atoms with Crippen molar-refractivity contribution in [1.82, 2.24) is 9.62 Å². The van der Waals surface area contributed by atoms with Crippen molar-refractivity contribution in [3.63, 3.8) is 0 Å². The van der Waals surface area contributed by atoms with Crippen LogP contribution in [0, 0.1) is 23.7 Å². The summed E-state index contributed by atoms with van der Waals surface area (Å²) in [5, 5.41) is 1.73. The zero-order valence-corrected chi connectivity index (χ0v) is 20.6. The third kappa shape index (κ3) is 9.04. The molecule has 1 aromatic heterocycles. The van der Waals surface area contributed by atoms with Gasteiger partial charge in [-0.2, -0.15) is 0 Å². The molecule has 32 heavy (non-hydrogen) atoms. The van der Waals surface area contributed by atoms with Gasteiger partial charge in [0.25, 0.3) is 0 Å². The fourth-order valence-electron chi connectivity index (χ4n) is 2.53. The maximum absolute atomic E-state index is 12.1. The van der Waals surface area contributed by atoms with Gasteiger partial charge in [0.1, 0.15) is 22.2 Å². The van der Waals surface area contributed by atoms with E-state index >= 15 is 0 Å². The summed E-state index contributed by atoms with van der Waals surface area (Å²) >= 11 is 1.19. The van der Waals surface area contributed by atoms with Crippen molar-refractivity contribution in [2.75, 3.05) is 33.4 Å². The lowest BCUT2D eigenvalue weighted by atomic mass is 10.1. The highest BCUT2D eigenvalue weighted by atomic mass is 32.2. The van der Waals surface area contributed by atoms with Crippen LogP contribution in [0.25, 0.3) is 0 Å². The minimum Gasteiger partial charge on any atom is -0.492 e. The van der Waals surface area contributed by atoms with Crippen molar-refractivity contribution in [2.45, 2.75) is 37.1 Å². The molecule has 0 aliphatic carbocycles. The van der Waals surface area contributed by atoms with Gasteiger partial charge in [0.2, 0.25) is 10.0 Å². The summed E-state index contributed by atoms with van der Waals surface area (Å²) in [6.45, 7) is 8.50. The van der Waals surface area contributed by atoms with Crippen molar-refractivity contribution < 1.29 is 17.9 Å². The van der Waals surface area contributed by atoms with Gasteiger partial charge in [-0.15, -0.1) is 11.3 Å². The maximum Gasteiger partial charge on any atom is 0.250 e. The summed E-state index contributed by atoms with van der Waals surface area (Å²) in [7, 11) is -1.84. The van der Waals surface area contributed by atoms with Gasteiger partial charge in [0.05, 0.1) is 6.54 Å². The SMILES string of the molecule is CCN(CC#CC#CC(C)(C)OC)Cc1cccc(OCCNS(=O)(=O)c2cccs2)c1. The van der Waals surface area contributed by atoms with E-state index in [4.69, 9.17) is 9.47 Å². The number of rotatable bonds is 11. The summed E-state index contributed by atoms with van der Waals surface area (Å²) in [6, 6.07) is 11.1. The van der Waals surface area contributed by atoms with E-state index in [-0.39, 0.29) is 13.2 Å². The molecule has 0 atom stereocenters. The molecule has 1 aromatic carbocycles. The summed E-state index contributed by atoms with van der Waals surface area (Å²) in [5.74, 6) is 12.5. The Balaban J connectivity index is 1.83. The second kappa shape index (κ2) is 12.6. The lowest BCUT2D eigenvalue weighted by molar-refractivity contribution is 0.0742. The molecule has 0 radical (unpaired) electrons. The Hall–Kier alpha value is -2.33. The summed E-state index contributed by atoms with van der Waals surface area (Å²) in [4.78, 5) is 2.20. The molecule has 1 N–H and O–H groups in total. The third-order valence-corrected chi connectivity index (χ3v) is 7.36. The number of thiophene rings is 1. The Morgan fingerprint density at radius 1 is 1.19 bits per heavy atom. The van der Waals surface area contributed by atoms with Crippen molar-refractivity contribution in [1.29, 1.82) is 0 Å². The lowest BCUT2D eigenvalue weighted by Crippen LogP contribution is -2.27. The minimum atomic E-state index is -3.47. The molecule has 0 bridgehead atoms. The van der Waals surface area contributed by atoms with Crippen molar-refractivity contribution in [3.8, 4) is 29.4 Å². The Bertz CT molecular complexity index is 1070. The van der Waals surface area contributed by atoms with Crippen molar-refractivity contribution in [3.05, 3.63) is 47.3 Å². The van der Waals surface area contributed by atoms with E-state index < -0.39 is 15.6 Å². The molecule has 0 saturated carbocycles. The second-order valence-corrected chi connectivity index (χ2v) is 10.3. The molecule has 2 aromatic rings. The fourth-order valence-corrected chi connectivity index (χ4v) is 4.58. The molecule has 2 rings (SSSR count). The number of benzene rings is 1. The molecule has 0 saturated heterocycles. The van der Waals surface area contributed by atoms with E-state index in [0.29, 0.717) is 16.5 Å². The first-order valence-electron chi connectivity index (χ1n) is 10.3. The highest BCUT2D eigenvalue weighted by molar-refractivity contribution is 7.91. The minimum absolute atomic E-state index is 0.196. The van der Waals surface area contributed by atoms with Crippen LogP contribution in [0.15, 0.2) is 46.0 Å². The van der Waals surface area contributed by atoms with Crippen LogP contribution in [-0.4, -0.2) is 52.3 Å². The third-order valence-electron chi connectivity index (χ3n) is 4.50. The average Bonchev–Trinajstić information content (AvgIpc) is 3.32. The fraction of sp³-hybridized carbons (Fsp3) is 0.417. The number of sulfonamides is 1. The van der Waals surface area contributed by atoms with Gasteiger partial charge >= 0.3 is 0 Å². The number of hydrogen-bond acceptors (Lipinski definition) is 6. The van der Waals surface area contributed by atoms with Gasteiger partial charge < -0.3 is 9.47 Å². The Morgan fingerprint density at radius 3 is 2.69 bits per heavy atom. The van der Waals surface area contributed by atoms with E-state index in [2.05, 4.69) is 40.2 Å². The van der Waals surface area contributed by atoms with Crippen LogP contribution in [0.2, 0.25) is 0 Å². The van der Waals surface area contributed by atoms with Gasteiger partial charge in [0.15, 0.2) is 0 Å². The summed E-state index contributed by atoms with van der Waals surface area (Å²) in [6.07, 6.45) is 0. The standard InChI is InChI=1S/C24H30N2O4S2/c1-5-26(16-8-6-7-14-24(2,3)29-4)20-21-11-9-12-22(19-21)30-17-15-25-32(27,28)23-13-10-18-31-23/h9-13,18-19,25H,5,15-17,20H2,1-4H3. The number of ether oxygens (including phenoxy) is 2. The largest absolute Gasteiger partial charge is 0.492 e. The predicted molar refractivity (Wildman–Crippen MR) is 129 cm³/mol. The molecule has 0 fully saturated rings. The molecule has 0 amide bonds. The summed E-state index contributed by atoms with van der Waals surface area (Å²) in [5.41, 5.74) is 0.598. The lowest BCUT2D eigenvalue weighted by Gasteiger charge is -2.18. The number of hydrogen-bond donors (Lipinski definition) is 1. The van der Waals surface area contributed by atoms with Gasteiger partial charge in [-0.3, -0.25) is 4.90 Å². The molecule has 1 heterocycles. The maximum atomic E-state index is 12.1. The molecule has 0 aliphatic heterocycles. The summed E-state index contributed by atoms with van der Waals surface area (Å²) < 4.78 is 38.1. The zero-order chi connectivity index (χ0) is 23.5. The first kappa shape index (κ1) is 25.9. The quantitative estimate of drug-likeness (QED) is 0.400. The number of nitrogens with one attached hydrogen (secondary N) is 1. The highest BCUT2D eigenvalue weighted by Gasteiger charge is 2.14. The van der Waals surface area contributed by atoms with Crippen molar-refractivity contribution >= 4 is 21.4 Å². The molecule has 0 unspecified atom stereocenters. The Labute approximate surface area is 196 Å². The van der Waals surface area contributed by atoms with Crippen molar-refractivity contribution in [2.24, 2.45) is 0 Å². The number of nitrogens with zero attached hydrogens (tertiary/aromatic N) is 1.